The molecule has 7 nitrogen and oxygen atoms in total. The van der Waals surface area contributed by atoms with Gasteiger partial charge in [0.25, 0.3) is 0 Å². The van der Waals surface area contributed by atoms with Crippen molar-refractivity contribution < 1.29 is 5.11 Å². The molecule has 31 heavy (non-hydrogen) atoms. The fourth-order valence-corrected chi connectivity index (χ4v) is 6.65. The van der Waals surface area contributed by atoms with E-state index in [4.69, 9.17) is 11.6 Å². The van der Waals surface area contributed by atoms with Crippen molar-refractivity contribution >= 4 is 39.5 Å². The molecule has 4 aromatic rings. The third-order valence-electron chi connectivity index (χ3n) is 7.19. The van der Waals surface area contributed by atoms with E-state index in [1.54, 1.807) is 6.20 Å². The molecule has 3 aliphatic rings. The zero-order chi connectivity index (χ0) is 20.7. The minimum Gasteiger partial charge on any atom is -0.380 e. The maximum Gasteiger partial charge on any atom is 0.141 e. The standard InChI is InChI=1S/C22H21ClN6OS/c23-17-7-13-9-26-29(16-10-25-28(12-16)15-2-3-15)18(13)8-19(17)27-11-14-1-4-20(27)22(14,30)21-24-5-6-31-21/h5-10,12,14-15,20,30H,1-4,11H2/t14-,20-,22?/m1/s1. The molecule has 2 bridgehead atoms. The topological polar surface area (TPSA) is 72.0 Å². The van der Waals surface area contributed by atoms with Gasteiger partial charge in [0.2, 0.25) is 0 Å². The van der Waals surface area contributed by atoms with Gasteiger partial charge in [-0.1, -0.05) is 11.6 Å². The largest absolute Gasteiger partial charge is 0.380 e. The highest BCUT2D eigenvalue weighted by atomic mass is 35.5. The summed E-state index contributed by atoms with van der Waals surface area (Å²) < 4.78 is 3.97. The quantitative estimate of drug-likeness (QED) is 0.503. The number of halogens is 1. The fourth-order valence-electron chi connectivity index (χ4n) is 5.50. The predicted octanol–water partition coefficient (Wildman–Crippen LogP) is 4.15. The number of piperidine rings is 1. The Morgan fingerprint density at radius 1 is 1.13 bits per heavy atom. The molecule has 3 aromatic heterocycles. The van der Waals surface area contributed by atoms with Gasteiger partial charge in [-0.25, -0.2) is 9.67 Å². The Kier molecular flexibility index (Phi) is 3.70. The Morgan fingerprint density at radius 2 is 2.03 bits per heavy atom. The first-order chi connectivity index (χ1) is 15.1. The van der Waals surface area contributed by atoms with Gasteiger partial charge < -0.3 is 10.0 Å². The van der Waals surface area contributed by atoms with Crippen LogP contribution in [0, 0.1) is 5.92 Å². The molecular formula is C22H21ClN6OS. The van der Waals surface area contributed by atoms with Gasteiger partial charge in [0.1, 0.15) is 16.3 Å². The molecule has 3 atom stereocenters. The van der Waals surface area contributed by atoms with Crippen LogP contribution in [0.2, 0.25) is 5.02 Å². The zero-order valence-electron chi connectivity index (χ0n) is 16.7. The van der Waals surface area contributed by atoms with Crippen LogP contribution in [0.5, 0.6) is 0 Å². The lowest BCUT2D eigenvalue weighted by Crippen LogP contribution is -2.41. The highest BCUT2D eigenvalue weighted by Gasteiger charge is 2.60. The average molecular weight is 453 g/mol. The number of fused-ring (bicyclic) bond motifs is 3. The van der Waals surface area contributed by atoms with E-state index in [-0.39, 0.29) is 12.0 Å². The van der Waals surface area contributed by atoms with Crippen LogP contribution in [0.25, 0.3) is 16.6 Å². The van der Waals surface area contributed by atoms with Crippen molar-refractivity contribution in [3.8, 4) is 5.69 Å². The highest BCUT2D eigenvalue weighted by molar-refractivity contribution is 7.09. The number of rotatable bonds is 4. The molecule has 7 rings (SSSR count). The molecular weight excluding hydrogens is 432 g/mol. The summed E-state index contributed by atoms with van der Waals surface area (Å²) in [6.45, 7) is 0.778. The first-order valence-corrected chi connectivity index (χ1v) is 12.0. The van der Waals surface area contributed by atoms with E-state index in [0.29, 0.717) is 11.1 Å². The van der Waals surface area contributed by atoms with Crippen molar-refractivity contribution in [3.05, 3.63) is 52.3 Å². The van der Waals surface area contributed by atoms with Gasteiger partial charge in [-0.2, -0.15) is 10.2 Å². The zero-order valence-corrected chi connectivity index (χ0v) is 18.3. The van der Waals surface area contributed by atoms with E-state index in [2.05, 4.69) is 32.3 Å². The van der Waals surface area contributed by atoms with Gasteiger partial charge in [-0.05, 0) is 37.8 Å². The maximum absolute atomic E-state index is 11.7. The Bertz CT molecular complexity index is 1290. The minimum absolute atomic E-state index is 0.0208. The molecule has 2 saturated carbocycles. The highest BCUT2D eigenvalue weighted by Crippen LogP contribution is 2.54. The Hall–Kier alpha value is -2.42. The number of hydrogen-bond acceptors (Lipinski definition) is 6. The number of anilines is 1. The number of hydrogen-bond donors (Lipinski definition) is 1. The van der Waals surface area contributed by atoms with Gasteiger partial charge in [0.05, 0.1) is 46.9 Å². The van der Waals surface area contributed by atoms with Crippen molar-refractivity contribution in [3.63, 3.8) is 0 Å². The summed E-state index contributed by atoms with van der Waals surface area (Å²) in [5.74, 6) is 0.164. The van der Waals surface area contributed by atoms with Crippen LogP contribution in [0.15, 0.2) is 42.3 Å². The molecule has 1 N–H and O–H groups in total. The van der Waals surface area contributed by atoms with E-state index >= 15 is 0 Å². The molecule has 1 unspecified atom stereocenters. The third kappa shape index (κ3) is 2.52. The van der Waals surface area contributed by atoms with Crippen molar-refractivity contribution in [1.29, 1.82) is 0 Å². The smallest absolute Gasteiger partial charge is 0.141 e. The molecule has 9 heteroatoms. The number of aromatic nitrogens is 5. The van der Waals surface area contributed by atoms with Crippen LogP contribution in [-0.4, -0.2) is 42.2 Å². The van der Waals surface area contributed by atoms with E-state index in [9.17, 15) is 5.11 Å². The van der Waals surface area contributed by atoms with Gasteiger partial charge in [0.15, 0.2) is 0 Å². The lowest BCUT2D eigenvalue weighted by molar-refractivity contribution is 0.0139. The number of benzene rings is 1. The van der Waals surface area contributed by atoms with Crippen LogP contribution in [0.1, 0.15) is 36.7 Å². The van der Waals surface area contributed by atoms with E-state index < -0.39 is 5.60 Å². The first kappa shape index (κ1) is 18.2. The van der Waals surface area contributed by atoms with Gasteiger partial charge >= 0.3 is 0 Å². The molecule has 4 heterocycles. The summed E-state index contributed by atoms with van der Waals surface area (Å²) in [6, 6.07) is 4.61. The molecule has 1 aromatic carbocycles. The average Bonchev–Trinajstić information content (AvgIpc) is 3.24. The van der Waals surface area contributed by atoms with Crippen molar-refractivity contribution in [2.45, 2.75) is 43.4 Å². The van der Waals surface area contributed by atoms with E-state index in [1.807, 2.05) is 33.2 Å². The SMILES string of the molecule is OC1(c2nccs2)[C@@H]2CC[C@H]1N(c1cc3c(cnn3-c3cnn(C4CC4)c3)cc1Cl)C2. The maximum atomic E-state index is 11.7. The molecule has 0 spiro atoms. The first-order valence-electron chi connectivity index (χ1n) is 10.7. The lowest BCUT2D eigenvalue weighted by atomic mass is 9.93. The van der Waals surface area contributed by atoms with Crippen molar-refractivity contribution in [2.75, 3.05) is 11.4 Å². The summed E-state index contributed by atoms with van der Waals surface area (Å²) in [5.41, 5.74) is 2.00. The van der Waals surface area contributed by atoms with Gasteiger partial charge in [-0.15, -0.1) is 11.3 Å². The second-order valence-electron chi connectivity index (χ2n) is 8.93. The molecule has 2 aliphatic carbocycles. The molecule has 3 fully saturated rings. The van der Waals surface area contributed by atoms with E-state index in [0.717, 1.165) is 46.7 Å². The second-order valence-corrected chi connectivity index (χ2v) is 10.2. The van der Waals surface area contributed by atoms with E-state index in [1.165, 1.54) is 24.2 Å². The van der Waals surface area contributed by atoms with Crippen LogP contribution < -0.4 is 4.90 Å². The molecule has 0 amide bonds. The van der Waals surface area contributed by atoms with Gasteiger partial charge in [-0.3, -0.25) is 4.68 Å². The van der Waals surface area contributed by atoms with Crippen LogP contribution in [0.4, 0.5) is 5.69 Å². The van der Waals surface area contributed by atoms with Gasteiger partial charge in [0, 0.05) is 29.4 Å². The monoisotopic (exact) mass is 452 g/mol. The third-order valence-corrected chi connectivity index (χ3v) is 8.40. The summed E-state index contributed by atoms with van der Waals surface area (Å²) in [5, 5.41) is 25.2. The molecule has 1 aliphatic heterocycles. The van der Waals surface area contributed by atoms with Crippen molar-refractivity contribution in [1.82, 2.24) is 24.5 Å². The van der Waals surface area contributed by atoms with Crippen molar-refractivity contribution in [2.24, 2.45) is 5.92 Å². The fraction of sp³-hybridized carbons (Fsp3) is 0.409. The molecule has 158 valence electrons. The summed E-state index contributed by atoms with van der Waals surface area (Å²) in [7, 11) is 0. The van der Waals surface area contributed by atoms with Crippen LogP contribution >= 0.6 is 22.9 Å². The minimum atomic E-state index is -0.905. The molecule has 0 radical (unpaired) electrons. The Labute approximate surface area is 187 Å². The van der Waals surface area contributed by atoms with Crippen LogP contribution in [-0.2, 0) is 5.60 Å². The number of aliphatic hydroxyl groups is 1. The number of nitrogens with zero attached hydrogens (tertiary/aromatic N) is 6. The predicted molar refractivity (Wildman–Crippen MR) is 120 cm³/mol. The summed E-state index contributed by atoms with van der Waals surface area (Å²) in [6.07, 6.45) is 11.9. The summed E-state index contributed by atoms with van der Waals surface area (Å²) in [4.78, 5) is 6.74. The second kappa shape index (κ2) is 6.31. The Balaban J connectivity index is 1.31. The normalized spacial score (nSPS) is 27.6. The molecule has 1 saturated heterocycles. The van der Waals surface area contributed by atoms with Crippen LogP contribution in [0.3, 0.4) is 0 Å². The Morgan fingerprint density at radius 3 is 2.84 bits per heavy atom. The number of thiazole rings is 1. The summed E-state index contributed by atoms with van der Waals surface area (Å²) >= 11 is 8.29. The lowest BCUT2D eigenvalue weighted by Gasteiger charge is -2.32.